The van der Waals surface area contributed by atoms with Crippen LogP contribution < -0.4 is 10.2 Å². The zero-order valence-corrected chi connectivity index (χ0v) is 18.2. The quantitative estimate of drug-likeness (QED) is 0.460. The minimum Gasteiger partial charge on any atom is -0.350 e. The summed E-state index contributed by atoms with van der Waals surface area (Å²) >= 11 is 13.3. The largest absolute Gasteiger partial charge is 0.350 e. The highest BCUT2D eigenvalue weighted by atomic mass is 35.5. The lowest BCUT2D eigenvalue weighted by molar-refractivity contribution is -0.120. The van der Waals surface area contributed by atoms with E-state index < -0.39 is 11.8 Å². The average molecular weight is 455 g/mol. The van der Waals surface area contributed by atoms with Gasteiger partial charge in [0.05, 0.1) is 5.69 Å². The van der Waals surface area contributed by atoms with Crippen LogP contribution in [0.3, 0.4) is 0 Å². The van der Waals surface area contributed by atoms with Gasteiger partial charge in [-0.05, 0) is 67.1 Å². The summed E-state index contributed by atoms with van der Waals surface area (Å²) in [7, 11) is 0. The number of hydrogen-bond acceptors (Lipinski definition) is 4. The fraction of sp³-hybridized carbons (Fsp3) is 0.0435. The zero-order valence-electron chi connectivity index (χ0n) is 15.9. The minimum atomic E-state index is -0.430. The molecule has 0 bridgehead atoms. The van der Waals surface area contributed by atoms with Crippen LogP contribution in [0.25, 0.3) is 0 Å². The van der Waals surface area contributed by atoms with E-state index in [1.165, 1.54) is 11.8 Å². The molecule has 2 amide bonds. The summed E-state index contributed by atoms with van der Waals surface area (Å²) in [5.41, 5.74) is 2.42. The molecule has 1 aliphatic heterocycles. The van der Waals surface area contributed by atoms with Crippen LogP contribution in [0, 0.1) is 6.92 Å². The number of nitrogens with zero attached hydrogens (tertiary/aromatic N) is 1. The Labute approximate surface area is 188 Å². The molecule has 0 saturated heterocycles. The first-order valence-electron chi connectivity index (χ1n) is 9.08. The fourth-order valence-corrected chi connectivity index (χ4v) is 4.29. The second-order valence-electron chi connectivity index (χ2n) is 6.68. The zero-order chi connectivity index (χ0) is 21.3. The van der Waals surface area contributed by atoms with Crippen molar-refractivity contribution >= 4 is 58.2 Å². The molecule has 3 aromatic rings. The third kappa shape index (κ3) is 4.24. The Morgan fingerprint density at radius 3 is 2.27 bits per heavy atom. The van der Waals surface area contributed by atoms with Crippen molar-refractivity contribution in [3.8, 4) is 0 Å². The topological polar surface area (TPSA) is 49.4 Å². The van der Waals surface area contributed by atoms with E-state index in [-0.39, 0.29) is 5.70 Å². The summed E-state index contributed by atoms with van der Waals surface area (Å²) < 4.78 is 0. The lowest BCUT2D eigenvalue weighted by Gasteiger charge is -2.15. The highest BCUT2D eigenvalue weighted by Crippen LogP contribution is 2.38. The Kier molecular flexibility index (Phi) is 5.86. The molecule has 0 fully saturated rings. The molecule has 30 heavy (non-hydrogen) atoms. The molecule has 3 aromatic carbocycles. The van der Waals surface area contributed by atoms with Gasteiger partial charge in [0.1, 0.15) is 10.6 Å². The first kappa shape index (κ1) is 20.5. The van der Waals surface area contributed by atoms with Crippen LogP contribution in [-0.2, 0) is 9.59 Å². The van der Waals surface area contributed by atoms with Crippen molar-refractivity contribution in [3.63, 3.8) is 0 Å². The van der Waals surface area contributed by atoms with Crippen LogP contribution in [-0.4, -0.2) is 11.8 Å². The third-order valence-electron chi connectivity index (χ3n) is 4.43. The molecule has 1 N–H and O–H groups in total. The number of amides is 2. The molecule has 0 radical (unpaired) electrons. The number of imide groups is 1. The van der Waals surface area contributed by atoms with Crippen molar-refractivity contribution in [3.05, 3.63) is 99.0 Å². The molecule has 0 aromatic heterocycles. The van der Waals surface area contributed by atoms with E-state index in [4.69, 9.17) is 23.2 Å². The van der Waals surface area contributed by atoms with Gasteiger partial charge in [-0.2, -0.15) is 0 Å². The Morgan fingerprint density at radius 1 is 0.833 bits per heavy atom. The van der Waals surface area contributed by atoms with Gasteiger partial charge in [0, 0.05) is 20.6 Å². The van der Waals surface area contributed by atoms with Crippen LogP contribution in [0.1, 0.15) is 5.56 Å². The number of rotatable bonds is 5. The first-order chi connectivity index (χ1) is 14.4. The molecule has 1 heterocycles. The van der Waals surface area contributed by atoms with Gasteiger partial charge in [0.25, 0.3) is 11.8 Å². The van der Waals surface area contributed by atoms with Crippen molar-refractivity contribution < 1.29 is 9.59 Å². The Balaban J connectivity index is 1.75. The van der Waals surface area contributed by atoms with Gasteiger partial charge in [-0.15, -0.1) is 0 Å². The molecule has 4 rings (SSSR count). The van der Waals surface area contributed by atoms with Gasteiger partial charge in [0.15, 0.2) is 0 Å². The molecule has 0 unspecified atom stereocenters. The lowest BCUT2D eigenvalue weighted by atomic mass is 10.2. The molecular weight excluding hydrogens is 439 g/mol. The van der Waals surface area contributed by atoms with E-state index in [1.54, 1.807) is 36.4 Å². The van der Waals surface area contributed by atoms with E-state index >= 15 is 0 Å². The monoisotopic (exact) mass is 454 g/mol. The number of carbonyl (C=O) groups is 2. The van der Waals surface area contributed by atoms with E-state index in [9.17, 15) is 9.59 Å². The summed E-state index contributed by atoms with van der Waals surface area (Å²) in [5, 5.41) is 4.19. The smallest absolute Gasteiger partial charge is 0.283 e. The van der Waals surface area contributed by atoms with E-state index in [0.717, 1.165) is 21.0 Å². The maximum Gasteiger partial charge on any atom is 0.283 e. The first-order valence-corrected chi connectivity index (χ1v) is 10.7. The number of aryl methyl sites for hydroxylation is 1. The standard InChI is InChI=1S/C23H16Cl2N2O2S/c1-14-4-2-6-17(12-14)26-20-21(30-19-10-8-15(24)9-11-19)23(29)27(22(20)28)18-7-3-5-16(25)13-18/h2-13,26H,1H3. The second-order valence-corrected chi connectivity index (χ2v) is 8.64. The van der Waals surface area contributed by atoms with Gasteiger partial charge in [-0.1, -0.05) is 53.2 Å². The number of thioether (sulfide) groups is 1. The minimum absolute atomic E-state index is 0.227. The highest BCUT2D eigenvalue weighted by molar-refractivity contribution is 8.04. The van der Waals surface area contributed by atoms with Crippen LogP contribution in [0.15, 0.2) is 88.3 Å². The predicted octanol–water partition coefficient (Wildman–Crippen LogP) is 6.29. The molecule has 150 valence electrons. The summed E-state index contributed by atoms with van der Waals surface area (Å²) in [4.78, 5) is 28.8. The normalized spacial score (nSPS) is 13.9. The van der Waals surface area contributed by atoms with Crippen LogP contribution in [0.4, 0.5) is 11.4 Å². The lowest BCUT2D eigenvalue weighted by Crippen LogP contribution is -2.32. The summed E-state index contributed by atoms with van der Waals surface area (Å²) in [6, 6.07) is 21.4. The molecule has 1 aliphatic rings. The van der Waals surface area contributed by atoms with Crippen LogP contribution >= 0.6 is 35.0 Å². The van der Waals surface area contributed by atoms with Crippen molar-refractivity contribution in [1.29, 1.82) is 0 Å². The van der Waals surface area contributed by atoms with E-state index in [0.29, 0.717) is 20.6 Å². The van der Waals surface area contributed by atoms with Crippen LogP contribution in [0.2, 0.25) is 10.0 Å². The number of halogens is 2. The number of nitrogens with one attached hydrogen (secondary N) is 1. The van der Waals surface area contributed by atoms with Crippen molar-refractivity contribution in [2.75, 3.05) is 10.2 Å². The molecular formula is C23H16Cl2N2O2S. The number of benzene rings is 3. The van der Waals surface area contributed by atoms with Crippen molar-refractivity contribution in [1.82, 2.24) is 0 Å². The van der Waals surface area contributed by atoms with Gasteiger partial charge in [0.2, 0.25) is 0 Å². The number of hydrogen-bond donors (Lipinski definition) is 1. The Hall–Kier alpha value is -2.73. The predicted molar refractivity (Wildman–Crippen MR) is 123 cm³/mol. The van der Waals surface area contributed by atoms with E-state index in [2.05, 4.69) is 5.32 Å². The second kappa shape index (κ2) is 8.56. The maximum atomic E-state index is 13.3. The molecule has 0 spiro atoms. The summed E-state index contributed by atoms with van der Waals surface area (Å²) in [6.45, 7) is 1.96. The Morgan fingerprint density at radius 2 is 1.57 bits per heavy atom. The van der Waals surface area contributed by atoms with Crippen molar-refractivity contribution in [2.45, 2.75) is 11.8 Å². The number of carbonyl (C=O) groups excluding carboxylic acids is 2. The maximum absolute atomic E-state index is 13.3. The summed E-state index contributed by atoms with van der Waals surface area (Å²) in [5.74, 6) is -0.836. The van der Waals surface area contributed by atoms with Gasteiger partial charge >= 0.3 is 0 Å². The van der Waals surface area contributed by atoms with Gasteiger partial charge in [-0.25, -0.2) is 4.90 Å². The van der Waals surface area contributed by atoms with Gasteiger partial charge < -0.3 is 5.32 Å². The van der Waals surface area contributed by atoms with Crippen molar-refractivity contribution in [2.24, 2.45) is 0 Å². The van der Waals surface area contributed by atoms with Crippen LogP contribution in [0.5, 0.6) is 0 Å². The Bertz CT molecular complexity index is 1180. The third-order valence-corrected chi connectivity index (χ3v) is 6.01. The molecule has 0 saturated carbocycles. The molecule has 7 heteroatoms. The summed E-state index contributed by atoms with van der Waals surface area (Å²) in [6.07, 6.45) is 0. The molecule has 0 atom stereocenters. The SMILES string of the molecule is Cc1cccc(NC2=C(Sc3ccc(Cl)cc3)C(=O)N(c3cccc(Cl)c3)C2=O)c1. The van der Waals surface area contributed by atoms with Gasteiger partial charge in [-0.3, -0.25) is 9.59 Å². The molecule has 4 nitrogen and oxygen atoms in total. The number of anilines is 2. The molecule has 0 aliphatic carbocycles. The fourth-order valence-electron chi connectivity index (χ4n) is 3.05. The average Bonchev–Trinajstić information content (AvgIpc) is 2.93. The van der Waals surface area contributed by atoms with E-state index in [1.807, 2.05) is 43.3 Å². The highest BCUT2D eigenvalue weighted by Gasteiger charge is 2.40.